The third-order valence-electron chi connectivity index (χ3n) is 6.63. The molecule has 5 aromatic rings. The molecule has 6 rings (SSSR count). The van der Waals surface area contributed by atoms with Crippen LogP contribution in [-0.4, -0.2) is 37.8 Å². The number of imidazole rings is 1. The van der Waals surface area contributed by atoms with E-state index in [1.54, 1.807) is 17.5 Å². The fraction of sp³-hybridized carbons (Fsp3) is 0.172. The second-order valence-electron chi connectivity index (χ2n) is 9.11. The maximum atomic E-state index is 13.6. The topological polar surface area (TPSA) is 97.0 Å². The van der Waals surface area contributed by atoms with Gasteiger partial charge >= 0.3 is 5.91 Å². The van der Waals surface area contributed by atoms with Gasteiger partial charge in [-0.15, -0.1) is 0 Å². The fourth-order valence-electron chi connectivity index (χ4n) is 4.87. The number of thiazole rings is 1. The molecule has 1 saturated heterocycles. The Bertz CT molecular complexity index is 1770. The Kier molecular flexibility index (Phi) is 5.72. The highest BCUT2D eigenvalue weighted by Crippen LogP contribution is 2.45. The zero-order chi connectivity index (χ0) is 26.6. The Morgan fingerprint density at radius 1 is 1.05 bits per heavy atom. The molecule has 0 saturated carbocycles. The minimum atomic E-state index is -0.865. The van der Waals surface area contributed by atoms with E-state index in [2.05, 4.69) is 4.98 Å². The molecule has 4 heterocycles. The number of Topliss-reactive ketones (excluding diaryl/α,β-unsaturated/α-hetero) is 1. The minimum absolute atomic E-state index is 0.00173. The summed E-state index contributed by atoms with van der Waals surface area (Å²) in [5.41, 5.74) is 3.97. The number of benzene rings is 2. The van der Waals surface area contributed by atoms with E-state index in [-0.39, 0.29) is 11.3 Å². The van der Waals surface area contributed by atoms with Crippen molar-refractivity contribution in [3.05, 3.63) is 94.9 Å². The summed E-state index contributed by atoms with van der Waals surface area (Å²) in [7, 11) is 0. The van der Waals surface area contributed by atoms with Gasteiger partial charge in [0.1, 0.15) is 17.1 Å². The lowest BCUT2D eigenvalue weighted by molar-refractivity contribution is -0.132. The number of hydrogen-bond acceptors (Lipinski definition) is 7. The molecule has 3 aromatic heterocycles. The van der Waals surface area contributed by atoms with Gasteiger partial charge in [-0.2, -0.15) is 0 Å². The summed E-state index contributed by atoms with van der Waals surface area (Å²) in [5.74, 6) is -1.08. The van der Waals surface area contributed by atoms with Crippen molar-refractivity contribution in [2.75, 3.05) is 11.5 Å². The average Bonchev–Trinajstić information content (AvgIpc) is 3.55. The van der Waals surface area contributed by atoms with Crippen molar-refractivity contribution in [2.24, 2.45) is 0 Å². The smallest absolute Gasteiger partial charge is 0.301 e. The molecule has 1 N–H and O–H groups in total. The molecule has 190 valence electrons. The number of aliphatic hydroxyl groups excluding tert-OH is 1. The normalized spacial score (nSPS) is 17.1. The van der Waals surface area contributed by atoms with E-state index < -0.39 is 17.7 Å². The van der Waals surface area contributed by atoms with Gasteiger partial charge in [0, 0.05) is 6.20 Å². The van der Waals surface area contributed by atoms with Crippen LogP contribution < -0.4 is 9.64 Å². The number of anilines is 1. The number of nitrogens with zero attached hydrogens (tertiary/aromatic N) is 4. The Hall–Kier alpha value is -4.50. The summed E-state index contributed by atoms with van der Waals surface area (Å²) in [5, 5.41) is 12.0. The van der Waals surface area contributed by atoms with E-state index in [1.165, 1.54) is 16.2 Å². The zero-order valence-electron chi connectivity index (χ0n) is 21.0. The number of carbonyl (C=O) groups is 2. The van der Waals surface area contributed by atoms with Crippen LogP contribution >= 0.6 is 11.3 Å². The van der Waals surface area contributed by atoms with E-state index in [1.807, 2.05) is 74.5 Å². The van der Waals surface area contributed by atoms with Gasteiger partial charge in [0.15, 0.2) is 10.9 Å². The van der Waals surface area contributed by atoms with Crippen molar-refractivity contribution in [1.29, 1.82) is 0 Å². The van der Waals surface area contributed by atoms with E-state index in [4.69, 9.17) is 9.72 Å². The summed E-state index contributed by atoms with van der Waals surface area (Å²) in [6.45, 7) is 6.17. The number of aliphatic hydroxyl groups is 1. The molecule has 0 radical (unpaired) electrons. The molecule has 0 bridgehead atoms. The number of fused-ring (bicyclic) bond motifs is 2. The fourth-order valence-corrected chi connectivity index (χ4v) is 5.89. The molecule has 1 aliphatic heterocycles. The van der Waals surface area contributed by atoms with Gasteiger partial charge in [-0.3, -0.25) is 18.9 Å². The number of aryl methyl sites for hydroxylation is 2. The number of ketones is 1. The van der Waals surface area contributed by atoms with E-state index in [0.717, 1.165) is 10.3 Å². The predicted molar refractivity (Wildman–Crippen MR) is 147 cm³/mol. The second kappa shape index (κ2) is 9.11. The lowest BCUT2D eigenvalue weighted by Gasteiger charge is -2.23. The van der Waals surface area contributed by atoms with Crippen LogP contribution in [0.3, 0.4) is 0 Å². The standard InChI is InChI=1S/C29H24N4O4S/c1-4-37-19-12-13-20-21(15-19)38-29(31-20)33-25(18-10-8-16(2)9-11-18)23(27(35)28(33)36)26(34)24-17(3)30-22-7-5-6-14-32(22)24/h5-15,25,34H,4H2,1-3H3/b26-23+. The van der Waals surface area contributed by atoms with Crippen LogP contribution in [0.1, 0.15) is 35.5 Å². The number of hydrogen-bond donors (Lipinski definition) is 1. The first-order valence-corrected chi connectivity index (χ1v) is 13.0. The molecule has 1 amide bonds. The third kappa shape index (κ3) is 3.74. The summed E-state index contributed by atoms with van der Waals surface area (Å²) in [6, 6.07) is 17.7. The number of pyridine rings is 1. The summed E-state index contributed by atoms with van der Waals surface area (Å²) in [6.07, 6.45) is 1.77. The summed E-state index contributed by atoms with van der Waals surface area (Å²) < 4.78 is 8.17. The average molecular weight is 525 g/mol. The van der Waals surface area contributed by atoms with Crippen LogP contribution in [0.25, 0.3) is 21.6 Å². The van der Waals surface area contributed by atoms with Crippen molar-refractivity contribution in [2.45, 2.75) is 26.8 Å². The zero-order valence-corrected chi connectivity index (χ0v) is 21.8. The number of ether oxygens (including phenoxy) is 1. The Morgan fingerprint density at radius 3 is 2.61 bits per heavy atom. The number of carbonyl (C=O) groups excluding carboxylic acids is 2. The quantitative estimate of drug-likeness (QED) is 0.183. The first kappa shape index (κ1) is 23.9. The van der Waals surface area contributed by atoms with Gasteiger partial charge < -0.3 is 9.84 Å². The Balaban J connectivity index is 1.57. The van der Waals surface area contributed by atoms with E-state index in [0.29, 0.717) is 45.6 Å². The number of rotatable bonds is 5. The SMILES string of the molecule is CCOc1ccc2nc(N3C(=O)C(=O)/C(=C(/O)c4c(C)nc5ccccn45)C3c3ccc(C)cc3)sc2c1. The molecule has 1 unspecified atom stereocenters. The number of aromatic nitrogens is 3. The maximum Gasteiger partial charge on any atom is 0.301 e. The van der Waals surface area contributed by atoms with Crippen LogP contribution in [0.2, 0.25) is 0 Å². The van der Waals surface area contributed by atoms with Crippen LogP contribution in [0.4, 0.5) is 5.13 Å². The highest BCUT2D eigenvalue weighted by molar-refractivity contribution is 7.22. The van der Waals surface area contributed by atoms with E-state index >= 15 is 0 Å². The predicted octanol–water partition coefficient (Wildman–Crippen LogP) is 5.59. The Morgan fingerprint density at radius 2 is 1.84 bits per heavy atom. The highest BCUT2D eigenvalue weighted by atomic mass is 32.1. The molecule has 1 atom stereocenters. The van der Waals surface area contributed by atoms with Gasteiger partial charge in [0.05, 0.1) is 34.1 Å². The molecular weight excluding hydrogens is 500 g/mol. The van der Waals surface area contributed by atoms with Crippen LogP contribution in [-0.2, 0) is 9.59 Å². The van der Waals surface area contributed by atoms with Gasteiger partial charge in [-0.05, 0) is 56.7 Å². The van der Waals surface area contributed by atoms with Gasteiger partial charge in [-0.25, -0.2) is 9.97 Å². The molecule has 1 aliphatic rings. The van der Waals surface area contributed by atoms with Crippen molar-refractivity contribution in [3.8, 4) is 5.75 Å². The van der Waals surface area contributed by atoms with Crippen molar-refractivity contribution in [1.82, 2.24) is 14.4 Å². The lowest BCUT2D eigenvalue weighted by atomic mass is 9.96. The molecule has 38 heavy (non-hydrogen) atoms. The van der Waals surface area contributed by atoms with Crippen LogP contribution in [0.15, 0.2) is 72.4 Å². The molecular formula is C29H24N4O4S. The van der Waals surface area contributed by atoms with E-state index in [9.17, 15) is 14.7 Å². The summed E-state index contributed by atoms with van der Waals surface area (Å²) >= 11 is 1.30. The van der Waals surface area contributed by atoms with Crippen molar-refractivity contribution >= 4 is 49.8 Å². The maximum absolute atomic E-state index is 13.6. The molecule has 0 spiro atoms. The first-order valence-electron chi connectivity index (χ1n) is 12.2. The molecule has 2 aromatic carbocycles. The second-order valence-corrected chi connectivity index (χ2v) is 10.1. The molecule has 9 heteroatoms. The van der Waals surface area contributed by atoms with Gasteiger partial charge in [0.25, 0.3) is 5.78 Å². The number of amides is 1. The summed E-state index contributed by atoms with van der Waals surface area (Å²) in [4.78, 5) is 37.8. The van der Waals surface area contributed by atoms with Crippen LogP contribution in [0, 0.1) is 13.8 Å². The third-order valence-corrected chi connectivity index (χ3v) is 7.65. The van der Waals surface area contributed by atoms with Gasteiger partial charge in [-0.1, -0.05) is 47.2 Å². The van der Waals surface area contributed by atoms with Gasteiger partial charge in [0.2, 0.25) is 0 Å². The molecule has 8 nitrogen and oxygen atoms in total. The van der Waals surface area contributed by atoms with Crippen LogP contribution in [0.5, 0.6) is 5.75 Å². The first-order chi connectivity index (χ1) is 18.4. The largest absolute Gasteiger partial charge is 0.505 e. The van der Waals surface area contributed by atoms with Crippen molar-refractivity contribution in [3.63, 3.8) is 0 Å². The van der Waals surface area contributed by atoms with Crippen molar-refractivity contribution < 1.29 is 19.4 Å². The molecule has 1 fully saturated rings. The lowest BCUT2D eigenvalue weighted by Crippen LogP contribution is -2.29. The molecule has 0 aliphatic carbocycles. The highest BCUT2D eigenvalue weighted by Gasteiger charge is 2.48. The Labute approximate surface area is 222 Å². The minimum Gasteiger partial charge on any atom is -0.505 e. The monoisotopic (exact) mass is 524 g/mol.